The van der Waals surface area contributed by atoms with Crippen LogP contribution in [-0.4, -0.2) is 26.1 Å². The van der Waals surface area contributed by atoms with Gasteiger partial charge in [-0.15, -0.1) is 0 Å². The van der Waals surface area contributed by atoms with Crippen molar-refractivity contribution in [3.63, 3.8) is 0 Å². The molecule has 0 aliphatic heterocycles. The molecule has 0 saturated heterocycles. The third-order valence-electron chi connectivity index (χ3n) is 3.35. The number of carbonyl (C=O) groups excluding carboxylic acids is 1. The predicted molar refractivity (Wildman–Crippen MR) is 85.4 cm³/mol. The van der Waals surface area contributed by atoms with E-state index in [9.17, 15) is 9.59 Å². The Labute approximate surface area is 131 Å². The van der Waals surface area contributed by atoms with Crippen LogP contribution in [0.1, 0.15) is 12.0 Å². The van der Waals surface area contributed by atoms with Crippen molar-refractivity contribution >= 4 is 11.6 Å². The number of nitrogens with one attached hydrogen (secondary N) is 2. The lowest BCUT2D eigenvalue weighted by molar-refractivity contribution is -0.116. The van der Waals surface area contributed by atoms with Crippen LogP contribution in [0.4, 0.5) is 5.69 Å². The lowest BCUT2D eigenvalue weighted by atomic mass is 10.1. The molecule has 23 heavy (non-hydrogen) atoms. The minimum absolute atomic E-state index is 0.0554. The number of anilines is 1. The summed E-state index contributed by atoms with van der Waals surface area (Å²) >= 11 is 0. The molecule has 116 valence electrons. The zero-order valence-electron chi connectivity index (χ0n) is 12.3. The number of H-pyrrole nitrogens is 1. The Kier molecular flexibility index (Phi) is 4.28. The summed E-state index contributed by atoms with van der Waals surface area (Å²) in [5.74, 6) is -0.0554. The van der Waals surface area contributed by atoms with Gasteiger partial charge in [-0.2, -0.15) is 4.68 Å². The summed E-state index contributed by atoms with van der Waals surface area (Å²) in [5.41, 5.74) is 1.96. The quantitative estimate of drug-likeness (QED) is 0.747. The summed E-state index contributed by atoms with van der Waals surface area (Å²) in [6.07, 6.45) is 1.10. The van der Waals surface area contributed by atoms with Crippen LogP contribution in [-0.2, 0) is 11.2 Å². The van der Waals surface area contributed by atoms with Gasteiger partial charge < -0.3 is 5.32 Å². The minimum atomic E-state index is -0.412. The topological polar surface area (TPSA) is 92.7 Å². The molecule has 0 bridgehead atoms. The Bertz CT molecular complexity index is 837. The average molecular weight is 309 g/mol. The van der Waals surface area contributed by atoms with E-state index in [0.717, 1.165) is 10.2 Å². The third-order valence-corrected chi connectivity index (χ3v) is 3.35. The molecule has 1 heterocycles. The standard InChI is InChI=1S/C16H15N5O2/c22-15(11-6-12-4-2-1-3-5-12)17-13-7-9-14(10-8-13)21-16(23)18-19-20-21/h1-5,7-10H,6,11H2,(H,17,22)(H,18,20,23). The van der Waals surface area contributed by atoms with Gasteiger partial charge in [-0.25, -0.2) is 9.89 Å². The van der Waals surface area contributed by atoms with Crippen molar-refractivity contribution in [2.24, 2.45) is 0 Å². The summed E-state index contributed by atoms with van der Waals surface area (Å²) in [5, 5.41) is 12.1. The fourth-order valence-corrected chi connectivity index (χ4v) is 2.18. The van der Waals surface area contributed by atoms with E-state index in [1.165, 1.54) is 0 Å². The Morgan fingerprint density at radius 3 is 2.48 bits per heavy atom. The molecule has 0 saturated carbocycles. The fourth-order valence-electron chi connectivity index (χ4n) is 2.18. The second kappa shape index (κ2) is 6.69. The summed E-state index contributed by atoms with van der Waals surface area (Å²) < 4.78 is 1.14. The molecule has 2 N–H and O–H groups in total. The van der Waals surface area contributed by atoms with Crippen molar-refractivity contribution in [2.75, 3.05) is 5.32 Å². The molecular formula is C16H15N5O2. The minimum Gasteiger partial charge on any atom is -0.326 e. The van der Waals surface area contributed by atoms with E-state index in [1.807, 2.05) is 30.3 Å². The first-order chi connectivity index (χ1) is 11.2. The van der Waals surface area contributed by atoms with Gasteiger partial charge in [0.25, 0.3) is 0 Å². The molecule has 1 aromatic heterocycles. The molecule has 2 aromatic carbocycles. The lowest BCUT2D eigenvalue weighted by Gasteiger charge is -2.06. The number of tetrazole rings is 1. The van der Waals surface area contributed by atoms with Crippen LogP contribution < -0.4 is 11.0 Å². The van der Waals surface area contributed by atoms with Crippen LogP contribution in [0.15, 0.2) is 59.4 Å². The van der Waals surface area contributed by atoms with Crippen molar-refractivity contribution < 1.29 is 4.79 Å². The van der Waals surface area contributed by atoms with Crippen LogP contribution in [0, 0.1) is 0 Å². The summed E-state index contributed by atoms with van der Waals surface area (Å²) in [7, 11) is 0. The van der Waals surface area contributed by atoms with E-state index < -0.39 is 5.69 Å². The van der Waals surface area contributed by atoms with Gasteiger partial charge in [0.2, 0.25) is 5.91 Å². The van der Waals surface area contributed by atoms with Crippen LogP contribution in [0.3, 0.4) is 0 Å². The number of aromatic nitrogens is 4. The Morgan fingerprint density at radius 2 is 1.83 bits per heavy atom. The number of hydrogen-bond donors (Lipinski definition) is 2. The van der Waals surface area contributed by atoms with Gasteiger partial charge in [0.15, 0.2) is 0 Å². The first-order valence-corrected chi connectivity index (χ1v) is 7.17. The number of aryl methyl sites for hydroxylation is 1. The summed E-state index contributed by atoms with van der Waals surface area (Å²) in [6, 6.07) is 16.7. The number of nitrogens with zero attached hydrogens (tertiary/aromatic N) is 3. The number of rotatable bonds is 5. The third kappa shape index (κ3) is 3.70. The van der Waals surface area contributed by atoms with Gasteiger partial charge in [0, 0.05) is 12.1 Å². The largest absolute Gasteiger partial charge is 0.365 e. The molecule has 0 fully saturated rings. The van der Waals surface area contributed by atoms with Crippen LogP contribution in [0.2, 0.25) is 0 Å². The van der Waals surface area contributed by atoms with Gasteiger partial charge in [-0.3, -0.25) is 4.79 Å². The van der Waals surface area contributed by atoms with Crippen molar-refractivity contribution in [3.05, 3.63) is 70.6 Å². The SMILES string of the molecule is O=C(CCc1ccccc1)Nc1ccc(-n2nn[nH]c2=O)cc1. The maximum Gasteiger partial charge on any atom is 0.365 e. The van der Waals surface area contributed by atoms with Gasteiger partial charge in [-0.1, -0.05) is 30.3 Å². The van der Waals surface area contributed by atoms with Crippen molar-refractivity contribution in [1.82, 2.24) is 20.2 Å². The number of hydrogen-bond acceptors (Lipinski definition) is 4. The smallest absolute Gasteiger partial charge is 0.326 e. The molecule has 3 rings (SSSR count). The number of carbonyl (C=O) groups is 1. The highest BCUT2D eigenvalue weighted by atomic mass is 16.2. The Hall–Kier alpha value is -3.22. The highest BCUT2D eigenvalue weighted by Crippen LogP contribution is 2.12. The molecule has 0 unspecified atom stereocenters. The maximum atomic E-state index is 12.0. The van der Waals surface area contributed by atoms with E-state index in [-0.39, 0.29) is 5.91 Å². The second-order valence-corrected chi connectivity index (χ2v) is 5.00. The van der Waals surface area contributed by atoms with E-state index in [0.29, 0.717) is 24.2 Å². The molecular weight excluding hydrogens is 294 g/mol. The van der Waals surface area contributed by atoms with Crippen LogP contribution >= 0.6 is 0 Å². The number of amides is 1. The Balaban J connectivity index is 1.59. The lowest BCUT2D eigenvalue weighted by Crippen LogP contribution is -2.16. The van der Waals surface area contributed by atoms with Crippen molar-refractivity contribution in [1.29, 1.82) is 0 Å². The zero-order chi connectivity index (χ0) is 16.1. The molecule has 0 radical (unpaired) electrons. The van der Waals surface area contributed by atoms with E-state index >= 15 is 0 Å². The number of benzene rings is 2. The van der Waals surface area contributed by atoms with E-state index in [1.54, 1.807) is 24.3 Å². The highest BCUT2D eigenvalue weighted by molar-refractivity contribution is 5.90. The molecule has 0 atom stereocenters. The molecule has 7 heteroatoms. The summed E-state index contributed by atoms with van der Waals surface area (Å²) in [6.45, 7) is 0. The van der Waals surface area contributed by atoms with Crippen LogP contribution in [0.5, 0.6) is 0 Å². The van der Waals surface area contributed by atoms with Crippen molar-refractivity contribution in [2.45, 2.75) is 12.8 Å². The van der Waals surface area contributed by atoms with E-state index in [2.05, 4.69) is 20.8 Å². The monoisotopic (exact) mass is 309 g/mol. The van der Waals surface area contributed by atoms with Gasteiger partial charge in [0.1, 0.15) is 0 Å². The molecule has 3 aromatic rings. The fraction of sp³-hybridized carbons (Fsp3) is 0.125. The number of aromatic amines is 1. The average Bonchev–Trinajstić information content (AvgIpc) is 3.01. The first-order valence-electron chi connectivity index (χ1n) is 7.17. The predicted octanol–water partition coefficient (Wildman–Crippen LogP) is 1.53. The highest BCUT2D eigenvalue weighted by Gasteiger charge is 2.05. The van der Waals surface area contributed by atoms with Gasteiger partial charge in [-0.05, 0) is 46.7 Å². The molecule has 1 amide bonds. The Morgan fingerprint density at radius 1 is 1.09 bits per heavy atom. The molecule has 0 aliphatic carbocycles. The zero-order valence-corrected chi connectivity index (χ0v) is 12.3. The van der Waals surface area contributed by atoms with E-state index in [4.69, 9.17) is 0 Å². The molecule has 0 aliphatic rings. The van der Waals surface area contributed by atoms with Gasteiger partial charge in [0.05, 0.1) is 5.69 Å². The second-order valence-electron chi connectivity index (χ2n) is 5.00. The van der Waals surface area contributed by atoms with Crippen LogP contribution in [0.25, 0.3) is 5.69 Å². The van der Waals surface area contributed by atoms with Gasteiger partial charge >= 0.3 is 5.69 Å². The normalized spacial score (nSPS) is 10.4. The summed E-state index contributed by atoms with van der Waals surface area (Å²) in [4.78, 5) is 23.4. The molecule has 0 spiro atoms. The van der Waals surface area contributed by atoms with Crippen molar-refractivity contribution in [3.8, 4) is 5.69 Å². The maximum absolute atomic E-state index is 12.0. The first kappa shape index (κ1) is 14.7. The molecule has 7 nitrogen and oxygen atoms in total.